The molecule has 0 bridgehead atoms. The Morgan fingerprint density at radius 1 is 1.53 bits per heavy atom. The van der Waals surface area contributed by atoms with Crippen molar-refractivity contribution in [3.8, 4) is 5.75 Å². The molecule has 0 unspecified atom stereocenters. The van der Waals surface area contributed by atoms with Crippen LogP contribution in [0.15, 0.2) is 17.2 Å². The zero-order valence-electron chi connectivity index (χ0n) is 9.07. The van der Waals surface area contributed by atoms with Crippen molar-refractivity contribution in [2.45, 2.75) is 0 Å². The van der Waals surface area contributed by atoms with Crippen LogP contribution in [0.2, 0.25) is 0 Å². The predicted octanol–water partition coefficient (Wildman–Crippen LogP) is 0.498. The molecular weight excluding hydrogens is 194 g/mol. The number of nitrogens with one attached hydrogen (secondary N) is 1. The van der Waals surface area contributed by atoms with Crippen molar-refractivity contribution in [2.24, 2.45) is 0 Å². The minimum atomic E-state index is -0.311. The first-order chi connectivity index (χ1) is 7.06. The van der Waals surface area contributed by atoms with Gasteiger partial charge in [0.05, 0.1) is 7.11 Å². The van der Waals surface area contributed by atoms with E-state index in [0.29, 0.717) is 11.3 Å². The summed E-state index contributed by atoms with van der Waals surface area (Å²) in [6.07, 6.45) is 5.03. The van der Waals surface area contributed by atoms with Gasteiger partial charge in [-0.05, 0) is 12.3 Å². The number of H-pyrrole nitrogens is 1. The summed E-state index contributed by atoms with van der Waals surface area (Å²) in [6, 6.07) is 0. The number of hydrogen-bond acceptors (Lipinski definition) is 4. The molecule has 0 aliphatic rings. The number of aromatic nitrogens is 1. The lowest BCUT2D eigenvalue weighted by molar-refractivity contribution is 0.412. The van der Waals surface area contributed by atoms with Crippen LogP contribution in [-0.4, -0.2) is 31.1 Å². The highest BCUT2D eigenvalue weighted by Crippen LogP contribution is 2.21. The van der Waals surface area contributed by atoms with E-state index >= 15 is 0 Å². The SMILES string of the molecule is COc1c[nH]c(=O)c(N)c1/C=C/N(C)C. The lowest BCUT2D eigenvalue weighted by atomic mass is 10.2. The van der Waals surface area contributed by atoms with E-state index in [0.717, 1.165) is 0 Å². The molecule has 1 heterocycles. The first-order valence-electron chi connectivity index (χ1n) is 4.46. The summed E-state index contributed by atoms with van der Waals surface area (Å²) in [5.74, 6) is 0.546. The van der Waals surface area contributed by atoms with Gasteiger partial charge in [-0.15, -0.1) is 0 Å². The summed E-state index contributed by atoms with van der Waals surface area (Å²) in [4.78, 5) is 15.6. The van der Waals surface area contributed by atoms with Gasteiger partial charge in [0.2, 0.25) is 0 Å². The van der Waals surface area contributed by atoms with Gasteiger partial charge in [-0.2, -0.15) is 0 Å². The molecule has 0 saturated heterocycles. The summed E-state index contributed by atoms with van der Waals surface area (Å²) in [6.45, 7) is 0. The Balaban J connectivity index is 3.24. The van der Waals surface area contributed by atoms with Gasteiger partial charge in [-0.1, -0.05) is 0 Å². The normalized spacial score (nSPS) is 10.6. The lowest BCUT2D eigenvalue weighted by Crippen LogP contribution is -2.13. The smallest absolute Gasteiger partial charge is 0.271 e. The molecule has 0 aromatic carbocycles. The number of anilines is 1. The van der Waals surface area contributed by atoms with E-state index in [-0.39, 0.29) is 11.2 Å². The molecule has 82 valence electrons. The van der Waals surface area contributed by atoms with Crippen molar-refractivity contribution in [3.63, 3.8) is 0 Å². The first-order valence-corrected chi connectivity index (χ1v) is 4.46. The molecule has 0 amide bonds. The van der Waals surface area contributed by atoms with Gasteiger partial charge >= 0.3 is 0 Å². The Hall–Kier alpha value is -1.91. The van der Waals surface area contributed by atoms with Crippen LogP contribution in [0, 0.1) is 0 Å². The summed E-state index contributed by atoms with van der Waals surface area (Å²) < 4.78 is 5.09. The minimum absolute atomic E-state index is 0.160. The molecule has 0 aliphatic heterocycles. The van der Waals surface area contributed by atoms with Gasteiger partial charge in [0.15, 0.2) is 0 Å². The molecule has 0 saturated carbocycles. The molecule has 3 N–H and O–H groups in total. The monoisotopic (exact) mass is 209 g/mol. The summed E-state index contributed by atoms with van der Waals surface area (Å²) >= 11 is 0. The maximum absolute atomic E-state index is 11.3. The molecule has 0 radical (unpaired) electrons. The van der Waals surface area contributed by atoms with Gasteiger partial charge in [0.25, 0.3) is 5.56 Å². The molecule has 1 aromatic rings. The Labute approximate surface area is 88.2 Å². The molecule has 0 aliphatic carbocycles. The van der Waals surface area contributed by atoms with E-state index in [1.165, 1.54) is 13.3 Å². The van der Waals surface area contributed by atoms with Crippen LogP contribution in [0.5, 0.6) is 5.75 Å². The van der Waals surface area contributed by atoms with Crippen molar-refractivity contribution >= 4 is 11.8 Å². The average Bonchev–Trinajstić information content (AvgIpc) is 2.20. The van der Waals surface area contributed by atoms with Crippen molar-refractivity contribution < 1.29 is 4.74 Å². The molecule has 1 aromatic heterocycles. The number of ether oxygens (including phenoxy) is 1. The van der Waals surface area contributed by atoms with Crippen LogP contribution < -0.4 is 16.0 Å². The quantitative estimate of drug-likeness (QED) is 0.760. The van der Waals surface area contributed by atoms with Gasteiger partial charge in [-0.3, -0.25) is 4.79 Å². The van der Waals surface area contributed by atoms with Crippen LogP contribution >= 0.6 is 0 Å². The highest BCUT2D eigenvalue weighted by atomic mass is 16.5. The molecule has 0 fully saturated rings. The van der Waals surface area contributed by atoms with Crippen LogP contribution in [-0.2, 0) is 0 Å². The van der Waals surface area contributed by atoms with Crippen molar-refractivity contribution in [3.05, 3.63) is 28.3 Å². The van der Waals surface area contributed by atoms with E-state index in [9.17, 15) is 4.79 Å². The second-order valence-corrected chi connectivity index (χ2v) is 3.29. The predicted molar refractivity (Wildman–Crippen MR) is 60.7 cm³/mol. The Morgan fingerprint density at radius 2 is 2.20 bits per heavy atom. The highest BCUT2D eigenvalue weighted by molar-refractivity contribution is 5.68. The second kappa shape index (κ2) is 4.54. The Kier molecular flexibility index (Phi) is 3.38. The maximum Gasteiger partial charge on any atom is 0.271 e. The van der Waals surface area contributed by atoms with E-state index in [1.54, 1.807) is 12.3 Å². The molecule has 5 nitrogen and oxygen atoms in total. The third-order valence-electron chi connectivity index (χ3n) is 1.89. The third kappa shape index (κ3) is 2.52. The number of nitrogens with zero attached hydrogens (tertiary/aromatic N) is 1. The average molecular weight is 209 g/mol. The number of rotatable bonds is 3. The number of nitrogens with two attached hydrogens (primary N) is 1. The Morgan fingerprint density at radius 3 is 2.73 bits per heavy atom. The van der Waals surface area contributed by atoms with Gasteiger partial charge in [0, 0.05) is 25.9 Å². The van der Waals surface area contributed by atoms with Crippen LogP contribution in [0.4, 0.5) is 5.69 Å². The van der Waals surface area contributed by atoms with Crippen LogP contribution in [0.25, 0.3) is 6.08 Å². The van der Waals surface area contributed by atoms with Crippen molar-refractivity contribution in [1.29, 1.82) is 0 Å². The van der Waals surface area contributed by atoms with Crippen molar-refractivity contribution in [1.82, 2.24) is 9.88 Å². The molecule has 5 heteroatoms. The topological polar surface area (TPSA) is 71.3 Å². The zero-order valence-corrected chi connectivity index (χ0v) is 9.07. The van der Waals surface area contributed by atoms with E-state index < -0.39 is 0 Å². The number of aromatic amines is 1. The molecular formula is C10H15N3O2. The standard InChI is InChI=1S/C10H15N3O2/c1-13(2)5-4-7-8(15-3)6-12-10(14)9(7)11/h4-6H,11H2,1-3H3,(H,12,14)/b5-4+. The fraction of sp³-hybridized carbons (Fsp3) is 0.300. The lowest BCUT2D eigenvalue weighted by Gasteiger charge is -2.08. The maximum atomic E-state index is 11.3. The van der Waals surface area contributed by atoms with E-state index in [1.807, 2.05) is 19.0 Å². The molecule has 1 rings (SSSR count). The van der Waals surface area contributed by atoms with Gasteiger partial charge < -0.3 is 20.4 Å². The summed E-state index contributed by atoms with van der Waals surface area (Å²) in [5.41, 5.74) is 6.09. The number of methoxy groups -OCH3 is 1. The molecule has 15 heavy (non-hydrogen) atoms. The number of nitrogen functional groups attached to an aromatic ring is 1. The fourth-order valence-electron chi connectivity index (χ4n) is 1.11. The van der Waals surface area contributed by atoms with Gasteiger partial charge in [0.1, 0.15) is 11.4 Å². The largest absolute Gasteiger partial charge is 0.495 e. The van der Waals surface area contributed by atoms with Gasteiger partial charge in [-0.25, -0.2) is 0 Å². The number of pyridine rings is 1. The third-order valence-corrected chi connectivity index (χ3v) is 1.89. The Bertz CT molecular complexity index is 421. The molecule has 0 spiro atoms. The second-order valence-electron chi connectivity index (χ2n) is 3.29. The van der Waals surface area contributed by atoms with E-state index in [4.69, 9.17) is 10.5 Å². The fourth-order valence-corrected chi connectivity index (χ4v) is 1.11. The van der Waals surface area contributed by atoms with Crippen LogP contribution in [0.3, 0.4) is 0 Å². The minimum Gasteiger partial charge on any atom is -0.495 e. The first kappa shape index (κ1) is 11.2. The highest BCUT2D eigenvalue weighted by Gasteiger charge is 2.07. The molecule has 0 atom stereocenters. The summed E-state index contributed by atoms with van der Waals surface area (Å²) in [7, 11) is 5.29. The van der Waals surface area contributed by atoms with Crippen molar-refractivity contribution in [2.75, 3.05) is 26.9 Å². The zero-order chi connectivity index (χ0) is 11.4. The number of hydrogen-bond donors (Lipinski definition) is 2. The summed E-state index contributed by atoms with van der Waals surface area (Å²) in [5, 5.41) is 0. The van der Waals surface area contributed by atoms with Crippen LogP contribution in [0.1, 0.15) is 5.56 Å². The van der Waals surface area contributed by atoms with E-state index in [2.05, 4.69) is 4.98 Å².